The minimum absolute atomic E-state index is 0.264. The van der Waals surface area contributed by atoms with E-state index in [1.165, 1.54) is 5.56 Å². The fourth-order valence-electron chi connectivity index (χ4n) is 2.60. The number of rotatable bonds is 4. The first kappa shape index (κ1) is 13.7. The lowest BCUT2D eigenvalue weighted by molar-refractivity contribution is -0.0190. The van der Waals surface area contributed by atoms with Gasteiger partial charge in [0.15, 0.2) is 11.5 Å². The van der Waals surface area contributed by atoms with Gasteiger partial charge in [-0.3, -0.25) is 0 Å². The molecule has 1 fully saturated rings. The molecule has 0 radical (unpaired) electrons. The Balaban J connectivity index is 1.55. The zero-order chi connectivity index (χ0) is 13.9. The zero-order valence-corrected chi connectivity index (χ0v) is 12.1. The molecule has 2 aliphatic rings. The van der Waals surface area contributed by atoms with Crippen molar-refractivity contribution in [1.29, 1.82) is 0 Å². The summed E-state index contributed by atoms with van der Waals surface area (Å²) in [6.45, 7) is 6.17. The van der Waals surface area contributed by atoms with Gasteiger partial charge in [0.1, 0.15) is 0 Å². The molecule has 5 nitrogen and oxygen atoms in total. The van der Waals surface area contributed by atoms with Crippen LogP contribution in [0.15, 0.2) is 18.2 Å². The average Bonchev–Trinajstić information content (AvgIpc) is 2.92. The maximum atomic E-state index is 5.76. The van der Waals surface area contributed by atoms with Gasteiger partial charge in [-0.2, -0.15) is 0 Å². The van der Waals surface area contributed by atoms with Crippen molar-refractivity contribution in [2.24, 2.45) is 0 Å². The van der Waals surface area contributed by atoms with Crippen molar-refractivity contribution in [1.82, 2.24) is 10.2 Å². The van der Waals surface area contributed by atoms with Crippen LogP contribution in [0.5, 0.6) is 11.5 Å². The molecular weight excluding hydrogens is 256 g/mol. The van der Waals surface area contributed by atoms with Gasteiger partial charge in [-0.15, -0.1) is 0 Å². The van der Waals surface area contributed by atoms with Crippen molar-refractivity contribution in [3.05, 3.63) is 23.8 Å². The van der Waals surface area contributed by atoms with Gasteiger partial charge in [0.2, 0.25) is 6.79 Å². The molecule has 20 heavy (non-hydrogen) atoms. The molecule has 1 saturated heterocycles. The summed E-state index contributed by atoms with van der Waals surface area (Å²) >= 11 is 0. The quantitative estimate of drug-likeness (QED) is 0.902. The molecule has 110 valence electrons. The molecule has 2 aliphatic heterocycles. The Labute approximate surface area is 119 Å². The Morgan fingerprint density at radius 2 is 2.20 bits per heavy atom. The Hall–Kier alpha value is -1.30. The van der Waals surface area contributed by atoms with Crippen molar-refractivity contribution in [3.8, 4) is 11.5 Å². The zero-order valence-electron chi connectivity index (χ0n) is 12.1. The van der Waals surface area contributed by atoms with Crippen LogP contribution in [0.4, 0.5) is 0 Å². The highest BCUT2D eigenvalue weighted by Gasteiger charge is 2.19. The van der Waals surface area contributed by atoms with E-state index in [1.807, 2.05) is 12.1 Å². The van der Waals surface area contributed by atoms with E-state index < -0.39 is 0 Å². The van der Waals surface area contributed by atoms with Gasteiger partial charge in [-0.1, -0.05) is 6.07 Å². The Morgan fingerprint density at radius 3 is 3.05 bits per heavy atom. The molecule has 0 amide bonds. The SMILES string of the molecule is CC(NCC1CN(C)CCO1)c1ccc2c(c1)OCO2. The summed E-state index contributed by atoms with van der Waals surface area (Å²) in [5.41, 5.74) is 1.21. The van der Waals surface area contributed by atoms with E-state index in [2.05, 4.69) is 30.3 Å². The molecule has 3 rings (SSSR count). The second-order valence-electron chi connectivity index (χ2n) is 5.50. The first-order valence-electron chi connectivity index (χ1n) is 7.15. The van der Waals surface area contributed by atoms with Gasteiger partial charge in [0, 0.05) is 25.7 Å². The maximum Gasteiger partial charge on any atom is 0.231 e. The van der Waals surface area contributed by atoms with Crippen LogP contribution in [-0.2, 0) is 4.74 Å². The van der Waals surface area contributed by atoms with Gasteiger partial charge < -0.3 is 24.4 Å². The van der Waals surface area contributed by atoms with E-state index in [4.69, 9.17) is 14.2 Å². The normalized spacial score (nSPS) is 23.8. The Kier molecular flexibility index (Phi) is 4.10. The van der Waals surface area contributed by atoms with Crippen molar-refractivity contribution in [3.63, 3.8) is 0 Å². The first-order chi connectivity index (χ1) is 9.72. The van der Waals surface area contributed by atoms with Crippen molar-refractivity contribution in [2.75, 3.05) is 40.1 Å². The van der Waals surface area contributed by atoms with E-state index in [0.717, 1.165) is 37.7 Å². The van der Waals surface area contributed by atoms with Crippen LogP contribution < -0.4 is 14.8 Å². The van der Waals surface area contributed by atoms with Crippen LogP contribution in [-0.4, -0.2) is 51.1 Å². The lowest BCUT2D eigenvalue weighted by Gasteiger charge is -2.31. The average molecular weight is 278 g/mol. The van der Waals surface area contributed by atoms with Crippen LogP contribution >= 0.6 is 0 Å². The van der Waals surface area contributed by atoms with E-state index in [0.29, 0.717) is 6.79 Å². The Morgan fingerprint density at radius 1 is 1.35 bits per heavy atom. The number of ether oxygens (including phenoxy) is 3. The van der Waals surface area contributed by atoms with Crippen LogP contribution in [0.25, 0.3) is 0 Å². The number of likely N-dealkylation sites (N-methyl/N-ethyl adjacent to an activating group) is 1. The van der Waals surface area contributed by atoms with Gasteiger partial charge in [0.25, 0.3) is 0 Å². The summed E-state index contributed by atoms with van der Waals surface area (Å²) in [5, 5.41) is 3.53. The number of morpholine rings is 1. The molecule has 0 spiro atoms. The molecule has 1 aromatic carbocycles. The minimum atomic E-state index is 0.264. The molecule has 0 aliphatic carbocycles. The predicted molar refractivity (Wildman–Crippen MR) is 76.2 cm³/mol. The molecular formula is C15H22N2O3. The molecule has 5 heteroatoms. The van der Waals surface area contributed by atoms with Crippen LogP contribution in [0.1, 0.15) is 18.5 Å². The van der Waals surface area contributed by atoms with Gasteiger partial charge in [0.05, 0.1) is 12.7 Å². The van der Waals surface area contributed by atoms with Crippen molar-refractivity contribution in [2.45, 2.75) is 19.1 Å². The molecule has 2 heterocycles. The number of benzene rings is 1. The van der Waals surface area contributed by atoms with Crippen molar-refractivity contribution < 1.29 is 14.2 Å². The third-order valence-corrected chi connectivity index (χ3v) is 3.89. The number of fused-ring (bicyclic) bond motifs is 1. The minimum Gasteiger partial charge on any atom is -0.454 e. The van der Waals surface area contributed by atoms with E-state index in [-0.39, 0.29) is 12.1 Å². The van der Waals surface area contributed by atoms with E-state index >= 15 is 0 Å². The van der Waals surface area contributed by atoms with Gasteiger partial charge in [-0.25, -0.2) is 0 Å². The topological polar surface area (TPSA) is 43.0 Å². The van der Waals surface area contributed by atoms with Gasteiger partial charge in [-0.05, 0) is 31.7 Å². The summed E-state index contributed by atoms with van der Waals surface area (Å²) in [5.74, 6) is 1.67. The Bertz CT molecular complexity index is 466. The summed E-state index contributed by atoms with van der Waals surface area (Å²) in [6, 6.07) is 6.37. The standard InChI is InChI=1S/C15H22N2O3/c1-11(16-8-13-9-17(2)5-6-18-13)12-3-4-14-15(7-12)20-10-19-14/h3-4,7,11,13,16H,5-6,8-10H2,1-2H3. The lowest BCUT2D eigenvalue weighted by Crippen LogP contribution is -2.45. The van der Waals surface area contributed by atoms with Crippen LogP contribution in [0.2, 0.25) is 0 Å². The van der Waals surface area contributed by atoms with Crippen LogP contribution in [0, 0.1) is 0 Å². The summed E-state index contributed by atoms with van der Waals surface area (Å²) in [7, 11) is 2.14. The highest BCUT2D eigenvalue weighted by atomic mass is 16.7. The van der Waals surface area contributed by atoms with Gasteiger partial charge >= 0.3 is 0 Å². The number of hydrogen-bond donors (Lipinski definition) is 1. The monoisotopic (exact) mass is 278 g/mol. The second kappa shape index (κ2) is 5.99. The molecule has 0 saturated carbocycles. The lowest BCUT2D eigenvalue weighted by atomic mass is 10.1. The summed E-state index contributed by atoms with van der Waals surface area (Å²) < 4.78 is 16.5. The largest absolute Gasteiger partial charge is 0.454 e. The molecule has 1 N–H and O–H groups in total. The fraction of sp³-hybridized carbons (Fsp3) is 0.600. The maximum absolute atomic E-state index is 5.76. The molecule has 2 unspecified atom stereocenters. The second-order valence-corrected chi connectivity index (χ2v) is 5.50. The predicted octanol–water partition coefficient (Wildman–Crippen LogP) is 1.40. The van der Waals surface area contributed by atoms with Crippen LogP contribution in [0.3, 0.4) is 0 Å². The molecule has 0 bridgehead atoms. The number of hydrogen-bond acceptors (Lipinski definition) is 5. The highest BCUT2D eigenvalue weighted by Crippen LogP contribution is 2.34. The third kappa shape index (κ3) is 3.06. The molecule has 0 aromatic heterocycles. The van der Waals surface area contributed by atoms with E-state index in [1.54, 1.807) is 0 Å². The smallest absolute Gasteiger partial charge is 0.231 e. The summed E-state index contributed by atoms with van der Waals surface area (Å²) in [4.78, 5) is 2.31. The molecule has 2 atom stereocenters. The fourth-order valence-corrected chi connectivity index (χ4v) is 2.60. The van der Waals surface area contributed by atoms with E-state index in [9.17, 15) is 0 Å². The number of nitrogens with zero attached hydrogens (tertiary/aromatic N) is 1. The van der Waals surface area contributed by atoms with Crippen molar-refractivity contribution >= 4 is 0 Å². The first-order valence-corrected chi connectivity index (χ1v) is 7.15. The third-order valence-electron chi connectivity index (χ3n) is 3.89. The summed E-state index contributed by atoms with van der Waals surface area (Å²) in [6.07, 6.45) is 0.269. The highest BCUT2D eigenvalue weighted by molar-refractivity contribution is 5.45. The molecule has 1 aromatic rings. The number of nitrogens with one attached hydrogen (secondary N) is 1.